The molecule has 0 aliphatic rings. The number of nitrogens with one attached hydrogen (secondary N) is 1. The summed E-state index contributed by atoms with van der Waals surface area (Å²) in [5.41, 5.74) is 10.0. The topological polar surface area (TPSA) is 111 Å². The van der Waals surface area contributed by atoms with Gasteiger partial charge in [0.25, 0.3) is 0 Å². The lowest BCUT2D eigenvalue weighted by Gasteiger charge is -2.15. The van der Waals surface area contributed by atoms with E-state index in [1.165, 1.54) is 6.34 Å². The minimum atomic E-state index is 0. The number of aromatic nitrogens is 4. The van der Waals surface area contributed by atoms with Gasteiger partial charge in [-0.25, -0.2) is 19.9 Å². The highest BCUT2D eigenvalue weighted by Gasteiger charge is 2.16. The summed E-state index contributed by atoms with van der Waals surface area (Å²) in [6, 6.07) is 11.5. The van der Waals surface area contributed by atoms with Gasteiger partial charge in [-0.2, -0.15) is 4.98 Å². The smallest absolute Gasteiger partial charge is 0.230 e. The Bertz CT molecular complexity index is 1250. The van der Waals surface area contributed by atoms with Crippen LogP contribution < -0.4 is 15.8 Å². The highest BCUT2D eigenvalue weighted by atomic mass is 16.5. The third kappa shape index (κ3) is 3.62. The Kier molecular flexibility index (Phi) is 5.21. The predicted octanol–water partition coefficient (Wildman–Crippen LogP) is 4.32. The first-order chi connectivity index (χ1) is 14.6. The van der Waals surface area contributed by atoms with Crippen molar-refractivity contribution in [3.8, 4) is 16.9 Å². The van der Waals surface area contributed by atoms with Crippen molar-refractivity contribution >= 4 is 35.0 Å². The number of fused-ring (bicyclic) bond motifs is 1. The molecule has 4 rings (SSSR count). The van der Waals surface area contributed by atoms with E-state index in [9.17, 15) is 0 Å². The number of rotatable bonds is 5. The molecule has 0 bridgehead atoms. The molecular weight excluding hydrogens is 378 g/mol. The Labute approximate surface area is 175 Å². The summed E-state index contributed by atoms with van der Waals surface area (Å²) < 4.78 is 5.50. The van der Waals surface area contributed by atoms with Gasteiger partial charge in [0, 0.05) is 24.8 Å². The Morgan fingerprint density at radius 1 is 1.13 bits per heavy atom. The maximum Gasteiger partial charge on any atom is 0.230 e. The van der Waals surface area contributed by atoms with Gasteiger partial charge in [-0.1, -0.05) is 12.1 Å². The van der Waals surface area contributed by atoms with E-state index in [2.05, 4.69) is 30.2 Å². The van der Waals surface area contributed by atoms with Gasteiger partial charge in [0.1, 0.15) is 11.6 Å². The average molecular weight is 401 g/mol. The normalized spacial score (nSPS) is 11.2. The number of nitrogens with zero attached hydrogens (tertiary/aromatic N) is 5. The summed E-state index contributed by atoms with van der Waals surface area (Å²) >= 11 is 0. The van der Waals surface area contributed by atoms with E-state index in [0.717, 1.165) is 33.4 Å². The maximum atomic E-state index is 5.61. The first-order valence-electron chi connectivity index (χ1n) is 9.35. The summed E-state index contributed by atoms with van der Waals surface area (Å²) in [5, 5.41) is 3.86. The first kappa shape index (κ1) is 19.3. The molecule has 3 aromatic heterocycles. The van der Waals surface area contributed by atoms with Crippen LogP contribution in [0.25, 0.3) is 22.2 Å². The molecule has 0 aliphatic heterocycles. The van der Waals surface area contributed by atoms with Gasteiger partial charge in [0.05, 0.1) is 13.4 Å². The number of nitrogens with two attached hydrogens (primary N) is 1. The van der Waals surface area contributed by atoms with Crippen LogP contribution in [0.15, 0.2) is 53.8 Å². The molecule has 0 fully saturated rings. The Balaban J connectivity index is 0.00000272. The van der Waals surface area contributed by atoms with E-state index < -0.39 is 0 Å². The molecular formula is C22H23N7O. The molecule has 8 nitrogen and oxygen atoms in total. The van der Waals surface area contributed by atoms with E-state index in [0.29, 0.717) is 23.2 Å². The number of aryl methyl sites for hydroxylation is 1. The summed E-state index contributed by atoms with van der Waals surface area (Å²) in [6.07, 6.45) is 4.66. The van der Waals surface area contributed by atoms with E-state index in [1.54, 1.807) is 19.5 Å². The van der Waals surface area contributed by atoms with Crippen molar-refractivity contribution in [3.63, 3.8) is 0 Å². The van der Waals surface area contributed by atoms with Gasteiger partial charge < -0.3 is 15.8 Å². The van der Waals surface area contributed by atoms with Gasteiger partial charge in [-0.15, -0.1) is 0 Å². The van der Waals surface area contributed by atoms with E-state index >= 15 is 0 Å². The number of pyridine rings is 2. The van der Waals surface area contributed by atoms with Gasteiger partial charge >= 0.3 is 0 Å². The lowest BCUT2D eigenvalue weighted by atomic mass is 9.95. The van der Waals surface area contributed by atoms with E-state index in [-0.39, 0.29) is 1.43 Å². The minimum Gasteiger partial charge on any atom is -0.496 e. The second-order valence-electron chi connectivity index (χ2n) is 6.67. The fraction of sp³-hybridized carbons (Fsp3) is 0.136. The molecule has 0 saturated carbocycles. The van der Waals surface area contributed by atoms with Crippen molar-refractivity contribution < 1.29 is 6.16 Å². The van der Waals surface area contributed by atoms with Crippen molar-refractivity contribution in [1.29, 1.82) is 0 Å². The van der Waals surface area contributed by atoms with Gasteiger partial charge in [0.15, 0.2) is 11.5 Å². The van der Waals surface area contributed by atoms with Crippen LogP contribution in [0.2, 0.25) is 0 Å². The van der Waals surface area contributed by atoms with Crippen LogP contribution >= 0.6 is 0 Å². The molecule has 0 aliphatic carbocycles. The van der Waals surface area contributed by atoms with Crippen molar-refractivity contribution in [2.45, 2.75) is 13.8 Å². The molecule has 8 heteroatoms. The fourth-order valence-corrected chi connectivity index (χ4v) is 3.38. The molecule has 0 atom stereocenters. The maximum absolute atomic E-state index is 5.61. The second kappa shape index (κ2) is 8.12. The highest BCUT2D eigenvalue weighted by Crippen LogP contribution is 2.38. The van der Waals surface area contributed by atoms with Gasteiger partial charge in [-0.05, 0) is 54.8 Å². The number of aliphatic imine (C=N–C) groups is 1. The molecule has 3 heterocycles. The predicted molar refractivity (Wildman–Crippen MR) is 121 cm³/mol. The molecule has 1 aromatic carbocycles. The van der Waals surface area contributed by atoms with Crippen LogP contribution in [0.5, 0.6) is 5.75 Å². The van der Waals surface area contributed by atoms with Crippen molar-refractivity contribution in [1.82, 2.24) is 19.9 Å². The number of hydrogen-bond donors (Lipinski definition) is 2. The quantitative estimate of drug-likeness (QED) is 0.378. The monoisotopic (exact) mass is 401 g/mol. The molecule has 0 spiro atoms. The first-order valence-corrected chi connectivity index (χ1v) is 9.35. The summed E-state index contributed by atoms with van der Waals surface area (Å²) in [6.45, 7) is 4.05. The molecule has 3 N–H and O–H groups in total. The van der Waals surface area contributed by atoms with Crippen LogP contribution in [-0.2, 0) is 0 Å². The van der Waals surface area contributed by atoms with E-state index in [4.69, 9.17) is 10.5 Å². The number of benzene rings is 1. The number of hydrogen-bond acceptors (Lipinski definition) is 7. The number of anilines is 2. The Morgan fingerprint density at radius 3 is 2.73 bits per heavy atom. The third-order valence-corrected chi connectivity index (χ3v) is 4.76. The van der Waals surface area contributed by atoms with Crippen LogP contribution in [0.4, 0.5) is 17.6 Å². The van der Waals surface area contributed by atoms with Gasteiger partial charge in [0.2, 0.25) is 5.95 Å². The molecule has 30 heavy (non-hydrogen) atoms. The second-order valence-corrected chi connectivity index (χ2v) is 6.67. The molecule has 0 radical (unpaired) electrons. The van der Waals surface area contributed by atoms with Crippen molar-refractivity contribution in [2.24, 2.45) is 10.7 Å². The van der Waals surface area contributed by atoms with Crippen LogP contribution in [0.3, 0.4) is 0 Å². The Hall–Kier alpha value is -4.07. The lowest BCUT2D eigenvalue weighted by Crippen LogP contribution is -2.01. The molecule has 152 valence electrons. The molecule has 0 unspecified atom stereocenters. The standard InChI is InChI=1S/C22H21N7O.H2/c1-13-7-8-17(30-3)14(2)19(13)16-10-15-11-25-22(27-18-6-4-5-9-24-18)29-20(15)28-21(16)26-12-23;/h4-12H,1-3H3,(H3,23,24,25,26,27,28,29);1H. The summed E-state index contributed by atoms with van der Waals surface area (Å²) in [4.78, 5) is 22.1. The largest absolute Gasteiger partial charge is 0.496 e. The SMILES string of the molecule is COc1ccc(C)c(-c2cc3cnc(Nc4ccccn4)nc3nc2/N=C\N)c1C.[HH]. The zero-order valence-electron chi connectivity index (χ0n) is 16.9. The Morgan fingerprint density at radius 2 is 2.00 bits per heavy atom. The van der Waals surface area contributed by atoms with Gasteiger partial charge in [-0.3, -0.25) is 0 Å². The molecule has 0 amide bonds. The molecule has 0 saturated heterocycles. The van der Waals surface area contributed by atoms with Crippen LogP contribution in [0, 0.1) is 13.8 Å². The number of ether oxygens (including phenoxy) is 1. The fourth-order valence-electron chi connectivity index (χ4n) is 3.38. The highest BCUT2D eigenvalue weighted by molar-refractivity contribution is 5.90. The summed E-state index contributed by atoms with van der Waals surface area (Å²) in [7, 11) is 1.66. The van der Waals surface area contributed by atoms with Crippen LogP contribution in [0.1, 0.15) is 12.6 Å². The number of methoxy groups -OCH3 is 1. The summed E-state index contributed by atoms with van der Waals surface area (Å²) in [5.74, 6) is 2.32. The van der Waals surface area contributed by atoms with Crippen LogP contribution in [-0.4, -0.2) is 33.4 Å². The van der Waals surface area contributed by atoms with Crippen molar-refractivity contribution in [3.05, 3.63) is 59.9 Å². The van der Waals surface area contributed by atoms with Crippen molar-refractivity contribution in [2.75, 3.05) is 12.4 Å². The lowest BCUT2D eigenvalue weighted by molar-refractivity contribution is 0.412. The zero-order valence-corrected chi connectivity index (χ0v) is 16.9. The minimum absolute atomic E-state index is 0. The zero-order chi connectivity index (χ0) is 21.1. The molecule has 4 aromatic rings. The average Bonchev–Trinajstić information content (AvgIpc) is 2.75. The third-order valence-electron chi connectivity index (χ3n) is 4.76. The van der Waals surface area contributed by atoms with E-state index in [1.807, 2.05) is 50.2 Å².